The summed E-state index contributed by atoms with van der Waals surface area (Å²) in [5.41, 5.74) is 1.58. The largest absolute Gasteiger partial charge is 0.462 e. The zero-order valence-corrected chi connectivity index (χ0v) is 22.8. The van der Waals surface area contributed by atoms with E-state index in [2.05, 4.69) is 38.0 Å². The number of fused-ring (bicyclic) bond motifs is 5. The van der Waals surface area contributed by atoms with Crippen LogP contribution in [-0.2, 0) is 14.3 Å². The lowest BCUT2D eigenvalue weighted by molar-refractivity contribution is -0.156. The van der Waals surface area contributed by atoms with Crippen molar-refractivity contribution in [2.75, 3.05) is 20.2 Å². The number of ether oxygens (including phenoxy) is 2. The molecule has 0 amide bonds. The first-order valence-corrected chi connectivity index (χ1v) is 13.4. The Balaban J connectivity index is 0.000000188. The van der Waals surface area contributed by atoms with Gasteiger partial charge in [-0.15, -0.1) is 0 Å². The second kappa shape index (κ2) is 11.8. The van der Waals surface area contributed by atoms with E-state index in [0.29, 0.717) is 35.9 Å². The Morgan fingerprint density at radius 3 is 2.27 bits per heavy atom. The van der Waals surface area contributed by atoms with Crippen molar-refractivity contribution in [2.24, 2.45) is 0 Å². The van der Waals surface area contributed by atoms with Crippen LogP contribution in [0.5, 0.6) is 0 Å². The van der Waals surface area contributed by atoms with E-state index in [4.69, 9.17) is 21.1 Å². The van der Waals surface area contributed by atoms with Gasteiger partial charge in [0.25, 0.3) is 0 Å². The monoisotopic (exact) mass is 530 g/mol. The molecule has 37 heavy (non-hydrogen) atoms. The number of esters is 1. The fourth-order valence-corrected chi connectivity index (χ4v) is 5.56. The summed E-state index contributed by atoms with van der Waals surface area (Å²) in [4.78, 5) is 14.8. The fourth-order valence-electron chi connectivity index (χ4n) is 5.30. The quantitative estimate of drug-likeness (QED) is 0.371. The third-order valence-electron chi connectivity index (χ3n) is 7.42. The number of morpholine rings is 1. The number of piperidine rings is 1. The van der Waals surface area contributed by atoms with Gasteiger partial charge in [0.05, 0.1) is 12.7 Å². The average molecular weight is 531 g/mol. The van der Waals surface area contributed by atoms with Crippen LogP contribution in [0.25, 0.3) is 0 Å². The van der Waals surface area contributed by atoms with E-state index in [-0.39, 0.29) is 24.2 Å². The number of nitrogens with one attached hydrogen (secondary N) is 1. The Labute approximate surface area is 224 Å². The minimum Gasteiger partial charge on any atom is -0.462 e. The Morgan fingerprint density at radius 1 is 1.11 bits per heavy atom. The second-order valence-electron chi connectivity index (χ2n) is 11.2. The summed E-state index contributed by atoms with van der Waals surface area (Å²) in [6, 6.07) is 17.4. The number of halogens is 1. The summed E-state index contributed by atoms with van der Waals surface area (Å²) in [6.45, 7) is 6.47. The van der Waals surface area contributed by atoms with Crippen molar-refractivity contribution in [2.45, 2.75) is 81.6 Å². The molecule has 5 rings (SSSR count). The first-order valence-electron chi connectivity index (χ1n) is 13.0. The van der Waals surface area contributed by atoms with Crippen molar-refractivity contribution in [1.29, 1.82) is 0 Å². The molecule has 3 saturated heterocycles. The molecule has 2 aromatic rings. The number of nitrogens with zero attached hydrogens (tertiary/aromatic N) is 1. The molecule has 0 spiro atoms. The van der Waals surface area contributed by atoms with E-state index >= 15 is 0 Å². The molecule has 7 atom stereocenters. The number of aliphatic hydroxyl groups excluding tert-OH is 2. The predicted molar refractivity (Wildman–Crippen MR) is 144 cm³/mol. The number of hydrogen-bond acceptors (Lipinski definition) is 7. The number of likely N-dealkylation sites (N-methyl/N-ethyl adjacent to an activating group) is 1. The highest BCUT2D eigenvalue weighted by Gasteiger charge is 2.62. The SMILES string of the molecule is CC(C)(C)NCC(O)c1ccccc1Cl.CN1[C@@H]2CC(OC(=O)[C@H](CO)c3ccccc3)C[C@H]1[C@@H]1O[C@@H]12. The second-order valence-corrected chi connectivity index (χ2v) is 11.6. The number of carbonyl (C=O) groups excluding carboxylic acids is 1. The van der Waals surface area contributed by atoms with Crippen LogP contribution in [0.3, 0.4) is 0 Å². The average Bonchev–Trinajstić information content (AvgIpc) is 3.62. The van der Waals surface area contributed by atoms with Crippen LogP contribution in [0, 0.1) is 0 Å². The lowest BCUT2D eigenvalue weighted by Crippen LogP contribution is -2.48. The zero-order chi connectivity index (χ0) is 26.7. The van der Waals surface area contributed by atoms with Crippen molar-refractivity contribution in [3.63, 3.8) is 0 Å². The highest BCUT2D eigenvalue weighted by Crippen LogP contribution is 2.48. The summed E-state index contributed by atoms with van der Waals surface area (Å²) in [6.07, 6.45) is 1.70. The molecule has 2 unspecified atom stereocenters. The molecule has 0 saturated carbocycles. The van der Waals surface area contributed by atoms with E-state index in [0.717, 1.165) is 24.0 Å². The lowest BCUT2D eigenvalue weighted by Gasteiger charge is -2.38. The number of epoxide rings is 1. The highest BCUT2D eigenvalue weighted by molar-refractivity contribution is 6.31. The molecule has 8 heteroatoms. The molecule has 3 fully saturated rings. The van der Waals surface area contributed by atoms with Crippen LogP contribution in [0.15, 0.2) is 54.6 Å². The molecule has 2 bridgehead atoms. The van der Waals surface area contributed by atoms with E-state index in [9.17, 15) is 15.0 Å². The van der Waals surface area contributed by atoms with Gasteiger partial charge >= 0.3 is 5.97 Å². The zero-order valence-electron chi connectivity index (χ0n) is 22.0. The molecular weight excluding hydrogens is 492 g/mol. The van der Waals surface area contributed by atoms with Gasteiger partial charge in [0.15, 0.2) is 0 Å². The smallest absolute Gasteiger partial charge is 0.316 e. The predicted octanol–water partition coefficient (Wildman–Crippen LogP) is 3.68. The molecule has 2 aromatic carbocycles. The van der Waals surface area contributed by atoms with Gasteiger partial charge in [0.1, 0.15) is 24.2 Å². The minimum absolute atomic E-state index is 0.00222. The lowest BCUT2D eigenvalue weighted by atomic mass is 9.97. The number of aliphatic hydroxyl groups is 2. The van der Waals surface area contributed by atoms with Crippen LogP contribution >= 0.6 is 11.6 Å². The van der Waals surface area contributed by atoms with E-state index < -0.39 is 12.0 Å². The summed E-state index contributed by atoms with van der Waals surface area (Å²) in [5, 5.41) is 23.3. The van der Waals surface area contributed by atoms with Gasteiger partial charge in [0.2, 0.25) is 0 Å². The first-order chi connectivity index (χ1) is 17.6. The highest BCUT2D eigenvalue weighted by atomic mass is 35.5. The molecule has 3 aliphatic rings. The first kappa shape index (κ1) is 28.0. The number of β-amino-alcohol motifs (C(OH)–C–C–N with tert-alkyl or cyclic N) is 1. The van der Waals surface area contributed by atoms with Crippen LogP contribution in [-0.4, -0.2) is 77.2 Å². The van der Waals surface area contributed by atoms with E-state index in [1.165, 1.54) is 0 Å². The van der Waals surface area contributed by atoms with Crippen LogP contribution in [0.4, 0.5) is 0 Å². The van der Waals surface area contributed by atoms with Crippen molar-refractivity contribution in [3.05, 3.63) is 70.7 Å². The summed E-state index contributed by atoms with van der Waals surface area (Å²) >= 11 is 5.98. The molecule has 202 valence electrons. The van der Waals surface area contributed by atoms with Gasteiger partial charge < -0.3 is 25.0 Å². The molecule has 0 aliphatic carbocycles. The van der Waals surface area contributed by atoms with Crippen LogP contribution in [0.1, 0.15) is 56.8 Å². The normalized spacial score (nSPS) is 27.9. The van der Waals surface area contributed by atoms with Crippen molar-refractivity contribution < 1.29 is 24.5 Å². The fraction of sp³-hybridized carbons (Fsp3) is 0.552. The Morgan fingerprint density at radius 2 is 1.70 bits per heavy atom. The van der Waals surface area contributed by atoms with Gasteiger partial charge in [-0.1, -0.05) is 60.1 Å². The number of benzene rings is 2. The van der Waals surface area contributed by atoms with Crippen LogP contribution in [0.2, 0.25) is 5.02 Å². The summed E-state index contributed by atoms with van der Waals surface area (Å²) in [5.74, 6) is -0.915. The van der Waals surface area contributed by atoms with Crippen molar-refractivity contribution in [3.8, 4) is 0 Å². The Kier molecular flexibility index (Phi) is 8.94. The molecular formula is C29H39ClN2O5. The third-order valence-corrected chi connectivity index (χ3v) is 7.76. The van der Waals surface area contributed by atoms with E-state index in [1.54, 1.807) is 6.07 Å². The number of carbonyl (C=O) groups is 1. The summed E-state index contributed by atoms with van der Waals surface area (Å²) < 4.78 is 11.4. The number of rotatable bonds is 7. The van der Waals surface area contributed by atoms with Gasteiger partial charge in [-0.25, -0.2) is 0 Å². The Hall–Kier alpha value is -2.00. The number of hydrogen-bond donors (Lipinski definition) is 3. The van der Waals surface area contributed by atoms with E-state index in [1.807, 2.05) is 48.5 Å². The maximum atomic E-state index is 12.4. The van der Waals surface area contributed by atoms with Gasteiger partial charge in [-0.05, 0) is 39.4 Å². The van der Waals surface area contributed by atoms with Gasteiger partial charge in [0, 0.05) is 47.6 Å². The molecule has 0 aromatic heterocycles. The van der Waals surface area contributed by atoms with Gasteiger partial charge in [-0.3, -0.25) is 9.69 Å². The van der Waals surface area contributed by atoms with Crippen LogP contribution < -0.4 is 5.32 Å². The topological polar surface area (TPSA) is 94.6 Å². The molecule has 3 heterocycles. The maximum Gasteiger partial charge on any atom is 0.316 e. The molecule has 0 radical (unpaired) electrons. The van der Waals surface area contributed by atoms with Gasteiger partial charge in [-0.2, -0.15) is 0 Å². The standard InChI is InChI=1S/C17H21NO4.C12H18ClNO/c1-18-13-7-11(8-14(18)16-15(13)22-16)21-17(20)12(9-19)10-5-3-2-4-6-10;1-12(2,3)14-8-11(15)9-6-4-5-7-10(9)13/h2-6,11-16,19H,7-9H2,1H3;4-7,11,14-15H,8H2,1-3H3/t11?,12-,13-,14+,15-,16+;/m1./s1. The third kappa shape index (κ3) is 6.91. The maximum absolute atomic E-state index is 12.4. The van der Waals surface area contributed by atoms with Crippen molar-refractivity contribution in [1.82, 2.24) is 10.2 Å². The Bertz CT molecular complexity index is 1030. The summed E-state index contributed by atoms with van der Waals surface area (Å²) in [7, 11) is 2.13. The molecule has 3 aliphatic heterocycles. The van der Waals surface area contributed by atoms with Crippen molar-refractivity contribution >= 4 is 17.6 Å². The minimum atomic E-state index is -0.593. The molecule has 3 N–H and O–H groups in total. The molecule has 7 nitrogen and oxygen atoms in total.